The fourth-order valence-electron chi connectivity index (χ4n) is 1.71. The normalized spacial score (nSPS) is 12.2. The summed E-state index contributed by atoms with van der Waals surface area (Å²) in [6, 6.07) is 12.7. The van der Waals surface area contributed by atoms with E-state index in [2.05, 4.69) is 15.9 Å². The molecule has 0 aliphatic rings. The Balaban J connectivity index is 2.37. The van der Waals surface area contributed by atoms with Gasteiger partial charge < -0.3 is 9.84 Å². The summed E-state index contributed by atoms with van der Waals surface area (Å²) in [5, 5.41) is 10.9. The van der Waals surface area contributed by atoms with Gasteiger partial charge in [0, 0.05) is 15.1 Å². The number of ether oxygens (including phenoxy) is 1. The van der Waals surface area contributed by atoms with Crippen molar-refractivity contribution in [3.63, 3.8) is 0 Å². The van der Waals surface area contributed by atoms with Gasteiger partial charge >= 0.3 is 0 Å². The molecule has 2 nitrogen and oxygen atoms in total. The molecule has 0 saturated carbocycles. The van der Waals surface area contributed by atoms with E-state index in [9.17, 15) is 5.11 Å². The van der Waals surface area contributed by atoms with Gasteiger partial charge in [0.25, 0.3) is 0 Å². The van der Waals surface area contributed by atoms with Crippen LogP contribution in [0.3, 0.4) is 0 Å². The van der Waals surface area contributed by atoms with Crippen molar-refractivity contribution in [2.24, 2.45) is 0 Å². The second-order valence-electron chi connectivity index (χ2n) is 3.84. The maximum Gasteiger partial charge on any atom is 0.119 e. The number of halogens is 2. The highest BCUT2D eigenvalue weighted by molar-refractivity contribution is 9.10. The van der Waals surface area contributed by atoms with Gasteiger partial charge in [0.2, 0.25) is 0 Å². The van der Waals surface area contributed by atoms with Gasteiger partial charge in [0.1, 0.15) is 11.9 Å². The molecule has 2 aromatic rings. The third kappa shape index (κ3) is 2.86. The molecule has 2 aromatic carbocycles. The van der Waals surface area contributed by atoms with Gasteiger partial charge in [-0.25, -0.2) is 0 Å². The number of methoxy groups -OCH3 is 1. The predicted molar refractivity (Wildman–Crippen MR) is 76.2 cm³/mol. The number of aliphatic hydroxyl groups excluding tert-OH is 1. The number of aliphatic hydroxyl groups is 1. The van der Waals surface area contributed by atoms with Crippen LogP contribution in [0.2, 0.25) is 5.02 Å². The van der Waals surface area contributed by atoms with E-state index in [0.29, 0.717) is 16.3 Å². The highest BCUT2D eigenvalue weighted by Gasteiger charge is 2.14. The fourth-order valence-corrected chi connectivity index (χ4v) is 2.49. The lowest BCUT2D eigenvalue weighted by molar-refractivity contribution is 0.220. The minimum absolute atomic E-state index is 0.527. The highest BCUT2D eigenvalue weighted by atomic mass is 79.9. The van der Waals surface area contributed by atoms with Crippen molar-refractivity contribution in [3.05, 3.63) is 63.1 Å². The Kier molecular flexibility index (Phi) is 4.27. The molecule has 0 heterocycles. The lowest BCUT2D eigenvalue weighted by atomic mass is 10.0. The molecule has 1 atom stereocenters. The first kappa shape index (κ1) is 13.4. The minimum Gasteiger partial charge on any atom is -0.497 e. The third-order valence-corrected chi connectivity index (χ3v) is 3.49. The number of hydrogen-bond donors (Lipinski definition) is 1. The molecule has 1 unspecified atom stereocenters. The van der Waals surface area contributed by atoms with Crippen LogP contribution in [0.25, 0.3) is 0 Å². The first-order chi connectivity index (χ1) is 8.61. The van der Waals surface area contributed by atoms with Crippen molar-refractivity contribution >= 4 is 27.5 Å². The minimum atomic E-state index is -0.763. The van der Waals surface area contributed by atoms with Crippen molar-refractivity contribution < 1.29 is 9.84 Å². The average Bonchev–Trinajstić information content (AvgIpc) is 2.38. The van der Waals surface area contributed by atoms with Crippen LogP contribution in [-0.2, 0) is 0 Å². The summed E-state index contributed by atoms with van der Waals surface area (Å²) in [6.45, 7) is 0. The second kappa shape index (κ2) is 5.74. The largest absolute Gasteiger partial charge is 0.497 e. The van der Waals surface area contributed by atoms with E-state index in [1.165, 1.54) is 0 Å². The molecule has 0 radical (unpaired) electrons. The van der Waals surface area contributed by atoms with Crippen molar-refractivity contribution in [2.45, 2.75) is 6.10 Å². The molecule has 0 amide bonds. The monoisotopic (exact) mass is 326 g/mol. The lowest BCUT2D eigenvalue weighted by Gasteiger charge is -2.14. The Morgan fingerprint density at radius 1 is 1.22 bits per heavy atom. The van der Waals surface area contributed by atoms with Crippen molar-refractivity contribution in [2.75, 3.05) is 7.11 Å². The molecular formula is C14H12BrClO2. The van der Waals surface area contributed by atoms with Crippen LogP contribution in [0.15, 0.2) is 46.9 Å². The zero-order valence-corrected chi connectivity index (χ0v) is 12.1. The van der Waals surface area contributed by atoms with Crippen LogP contribution >= 0.6 is 27.5 Å². The Bertz CT molecular complexity index is 557. The Labute approximate surface area is 119 Å². The maximum absolute atomic E-state index is 10.3. The fraction of sp³-hybridized carbons (Fsp3) is 0.143. The van der Waals surface area contributed by atoms with E-state index in [1.807, 2.05) is 24.3 Å². The van der Waals surface area contributed by atoms with Gasteiger partial charge in [-0.1, -0.05) is 45.7 Å². The molecule has 0 aromatic heterocycles. The van der Waals surface area contributed by atoms with E-state index >= 15 is 0 Å². The second-order valence-corrected chi connectivity index (χ2v) is 5.17. The molecule has 0 saturated heterocycles. The predicted octanol–water partition coefficient (Wildman–Crippen LogP) is 4.19. The van der Waals surface area contributed by atoms with Crippen molar-refractivity contribution in [1.29, 1.82) is 0 Å². The van der Waals surface area contributed by atoms with Gasteiger partial charge in [-0.15, -0.1) is 0 Å². The number of rotatable bonds is 3. The summed E-state index contributed by atoms with van der Waals surface area (Å²) < 4.78 is 6.02. The molecule has 18 heavy (non-hydrogen) atoms. The van der Waals surface area contributed by atoms with Gasteiger partial charge in [-0.3, -0.25) is 0 Å². The van der Waals surface area contributed by atoms with Crippen LogP contribution in [0.5, 0.6) is 5.75 Å². The van der Waals surface area contributed by atoms with Crippen LogP contribution < -0.4 is 4.74 Å². The standard InChI is InChI=1S/C14H12BrClO2/c1-18-11-4-2-3-9(7-11)14(17)12-6-5-10(15)8-13(12)16/h2-8,14,17H,1H3. The summed E-state index contributed by atoms with van der Waals surface area (Å²) in [7, 11) is 1.60. The summed E-state index contributed by atoms with van der Waals surface area (Å²) >= 11 is 9.47. The van der Waals surface area contributed by atoms with E-state index in [-0.39, 0.29) is 0 Å². The lowest BCUT2D eigenvalue weighted by Crippen LogP contribution is -2.00. The highest BCUT2D eigenvalue weighted by Crippen LogP contribution is 2.31. The van der Waals surface area contributed by atoms with Crippen molar-refractivity contribution in [3.8, 4) is 5.75 Å². The maximum atomic E-state index is 10.3. The number of benzene rings is 2. The molecule has 0 fully saturated rings. The van der Waals surface area contributed by atoms with E-state index < -0.39 is 6.10 Å². The topological polar surface area (TPSA) is 29.5 Å². The molecular weight excluding hydrogens is 316 g/mol. The molecule has 0 aliphatic heterocycles. The zero-order valence-electron chi connectivity index (χ0n) is 9.73. The third-order valence-electron chi connectivity index (χ3n) is 2.67. The van der Waals surface area contributed by atoms with Gasteiger partial charge in [0.15, 0.2) is 0 Å². The smallest absolute Gasteiger partial charge is 0.119 e. The molecule has 1 N–H and O–H groups in total. The van der Waals surface area contributed by atoms with Crippen LogP contribution in [0.1, 0.15) is 17.2 Å². The van der Waals surface area contributed by atoms with Crippen LogP contribution in [0.4, 0.5) is 0 Å². The van der Waals surface area contributed by atoms with Gasteiger partial charge in [-0.05, 0) is 29.8 Å². The molecule has 2 rings (SSSR count). The van der Waals surface area contributed by atoms with Crippen molar-refractivity contribution in [1.82, 2.24) is 0 Å². The van der Waals surface area contributed by atoms with Gasteiger partial charge in [0.05, 0.1) is 7.11 Å². The Morgan fingerprint density at radius 2 is 2.00 bits per heavy atom. The average molecular weight is 328 g/mol. The zero-order chi connectivity index (χ0) is 13.1. The summed E-state index contributed by atoms with van der Waals surface area (Å²) in [5.41, 5.74) is 1.42. The van der Waals surface area contributed by atoms with E-state index in [0.717, 1.165) is 10.0 Å². The van der Waals surface area contributed by atoms with E-state index in [4.69, 9.17) is 16.3 Å². The Morgan fingerprint density at radius 3 is 2.67 bits per heavy atom. The Hall–Kier alpha value is -1.03. The van der Waals surface area contributed by atoms with Crippen LogP contribution in [0, 0.1) is 0 Å². The van der Waals surface area contributed by atoms with E-state index in [1.54, 1.807) is 25.3 Å². The summed E-state index contributed by atoms with van der Waals surface area (Å²) in [6.07, 6.45) is -0.763. The van der Waals surface area contributed by atoms with Gasteiger partial charge in [-0.2, -0.15) is 0 Å². The molecule has 0 aliphatic carbocycles. The summed E-state index contributed by atoms with van der Waals surface area (Å²) in [5.74, 6) is 0.708. The van der Waals surface area contributed by atoms with Crippen LogP contribution in [-0.4, -0.2) is 12.2 Å². The number of hydrogen-bond acceptors (Lipinski definition) is 2. The molecule has 94 valence electrons. The summed E-state index contributed by atoms with van der Waals surface area (Å²) in [4.78, 5) is 0. The molecule has 4 heteroatoms. The SMILES string of the molecule is COc1cccc(C(O)c2ccc(Br)cc2Cl)c1. The first-order valence-corrected chi connectivity index (χ1v) is 6.56. The molecule has 0 spiro atoms. The quantitative estimate of drug-likeness (QED) is 0.916. The first-order valence-electron chi connectivity index (χ1n) is 5.39. The molecule has 0 bridgehead atoms.